The van der Waals surface area contributed by atoms with E-state index in [1.54, 1.807) is 0 Å². The lowest BCUT2D eigenvalue weighted by Gasteiger charge is -2.14. The second-order valence-corrected chi connectivity index (χ2v) is 8.71. The Morgan fingerprint density at radius 1 is 1.11 bits per heavy atom. The molecule has 0 aliphatic rings. The van der Waals surface area contributed by atoms with Crippen LogP contribution in [0.3, 0.4) is 0 Å². The summed E-state index contributed by atoms with van der Waals surface area (Å²) < 4.78 is 71.2. The lowest BCUT2D eigenvalue weighted by Crippen LogP contribution is -2.22. The maximum atomic E-state index is 13.3. The predicted octanol–water partition coefficient (Wildman–Crippen LogP) is 4.78. The maximum Gasteiger partial charge on any atom is 0.402 e. The molecule has 37 heavy (non-hydrogen) atoms. The molecule has 4 aromatic rings. The van der Waals surface area contributed by atoms with E-state index in [2.05, 4.69) is 30.2 Å². The molecular weight excluding hydrogens is 516 g/mol. The zero-order chi connectivity index (χ0) is 26.4. The molecule has 9 nitrogen and oxygen atoms in total. The number of aromatic nitrogens is 4. The number of alkyl halides is 3. The molecule has 2 heterocycles. The van der Waals surface area contributed by atoms with Crippen molar-refractivity contribution in [3.05, 3.63) is 78.0 Å². The first-order valence-electron chi connectivity index (χ1n) is 10.5. The average Bonchev–Trinajstić information content (AvgIpc) is 3.25. The van der Waals surface area contributed by atoms with E-state index in [0.717, 1.165) is 0 Å². The Hall–Kier alpha value is -4.33. The van der Waals surface area contributed by atoms with Crippen LogP contribution in [0, 0.1) is 5.82 Å². The average molecular weight is 534 g/mol. The number of benzene rings is 2. The van der Waals surface area contributed by atoms with Gasteiger partial charge in [-0.3, -0.25) is 14.9 Å². The number of halogens is 4. The number of rotatable bonds is 10. The van der Waals surface area contributed by atoms with E-state index < -0.39 is 28.7 Å². The molecule has 0 saturated heterocycles. The Labute approximate surface area is 209 Å². The van der Waals surface area contributed by atoms with E-state index >= 15 is 0 Å². The van der Waals surface area contributed by atoms with Crippen molar-refractivity contribution in [3.63, 3.8) is 0 Å². The highest BCUT2D eigenvalue weighted by molar-refractivity contribution is 7.86. The van der Waals surface area contributed by atoms with Gasteiger partial charge in [-0.2, -0.15) is 18.3 Å². The number of aromatic amines is 1. The summed E-state index contributed by atoms with van der Waals surface area (Å²) in [5.41, 5.74) is 1.41. The fourth-order valence-electron chi connectivity index (χ4n) is 3.22. The first kappa shape index (κ1) is 25.8. The monoisotopic (exact) mass is 534 g/mol. The van der Waals surface area contributed by atoms with E-state index in [1.807, 2.05) is 0 Å². The molecule has 192 valence electrons. The Kier molecular flexibility index (Phi) is 7.77. The molecule has 0 amide bonds. The maximum absolute atomic E-state index is 13.3. The third kappa shape index (κ3) is 6.88. The van der Waals surface area contributed by atoms with Crippen molar-refractivity contribution in [2.45, 2.75) is 12.8 Å². The molecule has 2 aromatic carbocycles. The number of hydrogen-bond acceptors (Lipinski definition) is 7. The molecular formula is C23H18F4N6O3S. The quantitative estimate of drug-likeness (QED) is 0.198. The number of carbonyl (C=O) groups is 1. The molecule has 14 heteroatoms. The fraction of sp³-hybridized carbons (Fsp3) is 0.130. The number of anilines is 3. The van der Waals surface area contributed by atoms with Crippen LogP contribution in [-0.4, -0.2) is 42.6 Å². The van der Waals surface area contributed by atoms with E-state index in [0.29, 0.717) is 23.2 Å². The van der Waals surface area contributed by atoms with Gasteiger partial charge in [-0.05, 0) is 29.8 Å². The Morgan fingerprint density at radius 3 is 2.57 bits per heavy atom. The number of H-pyrrole nitrogens is 1. The normalized spacial score (nSPS) is 12.1. The molecule has 4 rings (SSSR count). The van der Waals surface area contributed by atoms with Crippen molar-refractivity contribution in [1.29, 1.82) is 0 Å². The van der Waals surface area contributed by atoms with Crippen LogP contribution in [0.2, 0.25) is 0 Å². The minimum absolute atomic E-state index is 0.0301. The van der Waals surface area contributed by atoms with Crippen LogP contribution in [0.4, 0.5) is 34.9 Å². The third-order valence-corrected chi connectivity index (χ3v) is 5.87. The van der Waals surface area contributed by atoms with E-state index in [4.69, 9.17) is 4.74 Å². The summed E-state index contributed by atoms with van der Waals surface area (Å²) in [6, 6.07) is 9.72. The summed E-state index contributed by atoms with van der Waals surface area (Å²) in [6.07, 6.45) is 0.296. The SMILES string of the molecule is O=Cc1c(Nc2cnccn2)n[nH]c1-c1ccc(NS(=O)CC(F)(F)F)cc1OCc1ccc(F)cc1. The summed E-state index contributed by atoms with van der Waals surface area (Å²) in [6.45, 7) is -0.0301. The van der Waals surface area contributed by atoms with Gasteiger partial charge in [0.25, 0.3) is 0 Å². The highest BCUT2D eigenvalue weighted by Crippen LogP contribution is 2.36. The zero-order valence-electron chi connectivity index (χ0n) is 18.8. The molecule has 1 atom stereocenters. The van der Waals surface area contributed by atoms with Crippen LogP contribution in [-0.2, 0) is 17.6 Å². The molecule has 0 fully saturated rings. The van der Waals surface area contributed by atoms with Crippen LogP contribution in [0.1, 0.15) is 15.9 Å². The van der Waals surface area contributed by atoms with Crippen molar-refractivity contribution in [2.24, 2.45) is 0 Å². The molecule has 0 bridgehead atoms. The Morgan fingerprint density at radius 2 is 1.89 bits per heavy atom. The zero-order valence-corrected chi connectivity index (χ0v) is 19.6. The smallest absolute Gasteiger partial charge is 0.402 e. The largest absolute Gasteiger partial charge is 0.488 e. The van der Waals surface area contributed by atoms with E-state index in [9.17, 15) is 26.6 Å². The van der Waals surface area contributed by atoms with Crippen LogP contribution in [0.15, 0.2) is 61.1 Å². The molecule has 0 aliphatic carbocycles. The van der Waals surface area contributed by atoms with Crippen molar-refractivity contribution in [3.8, 4) is 17.0 Å². The van der Waals surface area contributed by atoms with E-state index in [-0.39, 0.29) is 35.1 Å². The number of aldehydes is 1. The van der Waals surface area contributed by atoms with Gasteiger partial charge >= 0.3 is 6.18 Å². The predicted molar refractivity (Wildman–Crippen MR) is 128 cm³/mol. The molecule has 0 aliphatic heterocycles. The minimum Gasteiger partial charge on any atom is -0.488 e. The van der Waals surface area contributed by atoms with Crippen LogP contribution in [0.25, 0.3) is 11.3 Å². The molecule has 0 spiro atoms. The number of hydrogen-bond donors (Lipinski definition) is 3. The highest BCUT2D eigenvalue weighted by Gasteiger charge is 2.30. The van der Waals surface area contributed by atoms with Gasteiger partial charge in [0, 0.05) is 29.7 Å². The number of nitrogens with one attached hydrogen (secondary N) is 3. The van der Waals surface area contributed by atoms with Gasteiger partial charge in [-0.1, -0.05) is 12.1 Å². The van der Waals surface area contributed by atoms with Crippen molar-refractivity contribution < 1.29 is 31.3 Å². The van der Waals surface area contributed by atoms with Gasteiger partial charge in [0.2, 0.25) is 0 Å². The standard InChI is InChI=1S/C23H18F4N6O3S/c24-15-3-1-14(2-4-15)12-36-19-9-16(33-37(35)13-23(25,26)27)5-6-17(19)21-18(11-34)22(32-31-21)30-20-10-28-7-8-29-20/h1-11,33H,12-13H2,(H2,29,30,31,32). The van der Waals surface area contributed by atoms with Gasteiger partial charge in [0.15, 0.2) is 12.1 Å². The van der Waals surface area contributed by atoms with Crippen molar-refractivity contribution >= 4 is 34.6 Å². The summed E-state index contributed by atoms with van der Waals surface area (Å²) in [5.74, 6) is -1.35. The molecule has 0 radical (unpaired) electrons. The topological polar surface area (TPSA) is 122 Å². The van der Waals surface area contributed by atoms with Gasteiger partial charge < -0.3 is 14.8 Å². The summed E-state index contributed by atoms with van der Waals surface area (Å²) in [7, 11) is -2.44. The van der Waals surface area contributed by atoms with Gasteiger partial charge in [-0.15, -0.1) is 0 Å². The lowest BCUT2D eigenvalue weighted by atomic mass is 10.1. The van der Waals surface area contributed by atoms with Crippen molar-refractivity contribution in [2.75, 3.05) is 15.8 Å². The van der Waals surface area contributed by atoms with E-state index in [1.165, 1.54) is 61.1 Å². The Bertz CT molecular complexity index is 1400. The second-order valence-electron chi connectivity index (χ2n) is 7.53. The van der Waals surface area contributed by atoms with Crippen LogP contribution < -0.4 is 14.8 Å². The van der Waals surface area contributed by atoms with Crippen LogP contribution in [0.5, 0.6) is 5.75 Å². The first-order chi connectivity index (χ1) is 17.7. The van der Waals surface area contributed by atoms with Gasteiger partial charge in [-0.25, -0.2) is 13.6 Å². The summed E-state index contributed by atoms with van der Waals surface area (Å²) >= 11 is 0. The molecule has 2 aromatic heterocycles. The number of ether oxygens (including phenoxy) is 1. The third-order valence-electron chi connectivity index (χ3n) is 4.82. The minimum atomic E-state index is -4.62. The summed E-state index contributed by atoms with van der Waals surface area (Å²) in [5, 5.41) is 9.74. The number of carbonyl (C=O) groups excluding carboxylic acids is 1. The molecule has 3 N–H and O–H groups in total. The fourth-order valence-corrected chi connectivity index (χ4v) is 3.98. The van der Waals surface area contributed by atoms with Crippen LogP contribution >= 0.6 is 0 Å². The lowest BCUT2D eigenvalue weighted by molar-refractivity contribution is -0.105. The first-order valence-corrected chi connectivity index (χ1v) is 11.8. The Balaban J connectivity index is 1.67. The molecule has 1 unspecified atom stereocenters. The summed E-state index contributed by atoms with van der Waals surface area (Å²) in [4.78, 5) is 20.0. The van der Waals surface area contributed by atoms with Crippen molar-refractivity contribution in [1.82, 2.24) is 20.2 Å². The number of nitrogens with zero attached hydrogens (tertiary/aromatic N) is 3. The van der Waals surface area contributed by atoms with Gasteiger partial charge in [0.1, 0.15) is 40.7 Å². The van der Waals surface area contributed by atoms with Gasteiger partial charge in [0.05, 0.1) is 17.5 Å². The second kappa shape index (κ2) is 11.2. The molecule has 0 saturated carbocycles. The highest BCUT2D eigenvalue weighted by atomic mass is 32.2.